The number of hydrogen-bond acceptors (Lipinski definition) is 3. The first-order valence-corrected chi connectivity index (χ1v) is 7.63. The predicted molar refractivity (Wildman–Crippen MR) is 78.1 cm³/mol. The topological polar surface area (TPSA) is 35.2 Å². The van der Waals surface area contributed by atoms with E-state index in [0.29, 0.717) is 12.2 Å². The van der Waals surface area contributed by atoms with Gasteiger partial charge in [0.05, 0.1) is 0 Å². The van der Waals surface area contributed by atoms with Gasteiger partial charge in [-0.15, -0.1) is 11.3 Å². The molecule has 1 aromatic carbocycles. The zero-order valence-electron chi connectivity index (χ0n) is 10.3. The minimum absolute atomic E-state index is 0.0979. The van der Waals surface area contributed by atoms with Crippen LogP contribution in [0.1, 0.15) is 33.9 Å². The van der Waals surface area contributed by atoms with Crippen molar-refractivity contribution in [1.82, 2.24) is 0 Å². The SMILES string of the molecule is Cc1sc(C2C[C@@H](N)c3ccc(F)cc3O2)cc1Br. The van der Waals surface area contributed by atoms with Crippen molar-refractivity contribution in [3.63, 3.8) is 0 Å². The number of thiophene rings is 1. The van der Waals surface area contributed by atoms with Gasteiger partial charge in [-0.25, -0.2) is 4.39 Å². The molecule has 1 aromatic heterocycles. The Bertz CT molecular complexity index is 608. The highest BCUT2D eigenvalue weighted by Crippen LogP contribution is 2.42. The summed E-state index contributed by atoms with van der Waals surface area (Å²) < 4.78 is 20.3. The molecule has 0 fully saturated rings. The van der Waals surface area contributed by atoms with Crippen LogP contribution in [-0.2, 0) is 0 Å². The molecule has 2 aromatic rings. The second kappa shape index (κ2) is 4.89. The first kappa shape index (κ1) is 13.1. The minimum Gasteiger partial charge on any atom is -0.484 e. The number of ether oxygens (including phenoxy) is 1. The average molecular weight is 342 g/mol. The third-order valence-corrected chi connectivity index (χ3v) is 5.53. The van der Waals surface area contributed by atoms with Gasteiger partial charge in [-0.05, 0) is 35.0 Å². The van der Waals surface area contributed by atoms with Crippen LogP contribution in [0.25, 0.3) is 0 Å². The molecule has 1 unspecified atom stereocenters. The Balaban J connectivity index is 1.96. The summed E-state index contributed by atoms with van der Waals surface area (Å²) in [5, 5.41) is 0. The number of nitrogens with two attached hydrogens (primary N) is 1. The summed E-state index contributed by atoms with van der Waals surface area (Å²) in [6.07, 6.45) is 0.615. The summed E-state index contributed by atoms with van der Waals surface area (Å²) in [4.78, 5) is 2.33. The van der Waals surface area contributed by atoms with E-state index in [9.17, 15) is 4.39 Å². The van der Waals surface area contributed by atoms with Gasteiger partial charge in [-0.3, -0.25) is 0 Å². The maximum absolute atomic E-state index is 13.3. The minimum atomic E-state index is -0.296. The summed E-state index contributed by atoms with van der Waals surface area (Å²) in [6, 6.07) is 6.49. The van der Waals surface area contributed by atoms with Gasteiger partial charge < -0.3 is 10.5 Å². The second-order valence-electron chi connectivity index (χ2n) is 4.68. The van der Waals surface area contributed by atoms with Gasteiger partial charge in [-0.2, -0.15) is 0 Å². The van der Waals surface area contributed by atoms with Crippen molar-refractivity contribution in [2.24, 2.45) is 5.73 Å². The molecule has 2 heterocycles. The number of fused-ring (bicyclic) bond motifs is 1. The highest BCUT2D eigenvalue weighted by Gasteiger charge is 2.28. The van der Waals surface area contributed by atoms with Gasteiger partial charge in [-0.1, -0.05) is 6.07 Å². The molecule has 0 spiro atoms. The van der Waals surface area contributed by atoms with E-state index >= 15 is 0 Å². The lowest BCUT2D eigenvalue weighted by molar-refractivity contribution is 0.164. The van der Waals surface area contributed by atoms with E-state index in [2.05, 4.69) is 28.9 Å². The number of hydrogen-bond donors (Lipinski definition) is 1. The third kappa shape index (κ3) is 2.42. The fourth-order valence-electron chi connectivity index (χ4n) is 2.29. The Labute approximate surface area is 123 Å². The van der Waals surface area contributed by atoms with E-state index in [1.807, 2.05) is 0 Å². The van der Waals surface area contributed by atoms with Crippen LogP contribution in [0.15, 0.2) is 28.7 Å². The van der Waals surface area contributed by atoms with Gasteiger partial charge in [0.1, 0.15) is 17.7 Å². The lowest BCUT2D eigenvalue weighted by Gasteiger charge is -2.29. The lowest BCUT2D eigenvalue weighted by Crippen LogP contribution is -2.23. The smallest absolute Gasteiger partial charge is 0.135 e. The van der Waals surface area contributed by atoms with Crippen molar-refractivity contribution < 1.29 is 9.13 Å². The zero-order valence-corrected chi connectivity index (χ0v) is 12.7. The maximum atomic E-state index is 13.3. The van der Waals surface area contributed by atoms with E-state index in [1.54, 1.807) is 17.4 Å². The van der Waals surface area contributed by atoms with E-state index in [-0.39, 0.29) is 18.0 Å². The van der Waals surface area contributed by atoms with Crippen LogP contribution in [0, 0.1) is 12.7 Å². The van der Waals surface area contributed by atoms with E-state index in [4.69, 9.17) is 10.5 Å². The Morgan fingerprint density at radius 2 is 2.21 bits per heavy atom. The van der Waals surface area contributed by atoms with Crippen molar-refractivity contribution in [3.8, 4) is 5.75 Å². The fraction of sp³-hybridized carbons (Fsp3) is 0.286. The molecule has 2 atom stereocenters. The predicted octanol–water partition coefficient (Wildman–Crippen LogP) is 4.48. The number of aryl methyl sites for hydroxylation is 1. The molecule has 3 rings (SSSR count). The molecule has 1 aliphatic heterocycles. The fourth-order valence-corrected chi connectivity index (χ4v) is 3.89. The van der Waals surface area contributed by atoms with Gasteiger partial charge in [0.25, 0.3) is 0 Å². The van der Waals surface area contributed by atoms with Crippen LogP contribution in [0.3, 0.4) is 0 Å². The number of halogens is 2. The molecule has 2 nitrogen and oxygen atoms in total. The van der Waals surface area contributed by atoms with Gasteiger partial charge in [0.2, 0.25) is 0 Å². The zero-order chi connectivity index (χ0) is 13.6. The van der Waals surface area contributed by atoms with Crippen molar-refractivity contribution >= 4 is 27.3 Å². The highest BCUT2D eigenvalue weighted by atomic mass is 79.9. The van der Waals surface area contributed by atoms with Crippen molar-refractivity contribution in [2.75, 3.05) is 0 Å². The van der Waals surface area contributed by atoms with E-state index in [0.717, 1.165) is 14.9 Å². The van der Waals surface area contributed by atoms with Gasteiger partial charge >= 0.3 is 0 Å². The molecule has 1 aliphatic rings. The van der Waals surface area contributed by atoms with Crippen LogP contribution in [0.4, 0.5) is 4.39 Å². The Kier molecular flexibility index (Phi) is 3.37. The summed E-state index contributed by atoms with van der Waals surface area (Å²) >= 11 is 5.19. The van der Waals surface area contributed by atoms with Crippen molar-refractivity contribution in [3.05, 3.63) is 49.9 Å². The quantitative estimate of drug-likeness (QED) is 0.829. The van der Waals surface area contributed by atoms with Crippen LogP contribution in [-0.4, -0.2) is 0 Å². The molecular formula is C14H13BrFNOS. The van der Waals surface area contributed by atoms with Crippen LogP contribution < -0.4 is 10.5 Å². The van der Waals surface area contributed by atoms with Crippen molar-refractivity contribution in [1.29, 1.82) is 0 Å². The van der Waals surface area contributed by atoms with E-state index < -0.39 is 0 Å². The number of rotatable bonds is 1. The Hall–Kier alpha value is -0.910. The molecule has 5 heteroatoms. The molecule has 2 N–H and O–H groups in total. The maximum Gasteiger partial charge on any atom is 0.135 e. The van der Waals surface area contributed by atoms with Crippen LogP contribution >= 0.6 is 27.3 Å². The first-order valence-electron chi connectivity index (χ1n) is 6.02. The summed E-state index contributed by atoms with van der Waals surface area (Å²) in [7, 11) is 0. The molecule has 0 aliphatic carbocycles. The van der Waals surface area contributed by atoms with E-state index in [1.165, 1.54) is 17.0 Å². The summed E-state index contributed by atoms with van der Waals surface area (Å²) in [5.41, 5.74) is 7.04. The summed E-state index contributed by atoms with van der Waals surface area (Å²) in [6.45, 7) is 2.05. The standard InChI is InChI=1S/C14H13BrFNOS/c1-7-10(15)5-14(19-7)13-6-11(17)9-3-2-8(16)4-12(9)18-13/h2-5,11,13H,6,17H2,1H3/t11-,13?/m1/s1. The normalized spacial score (nSPS) is 21.9. The first-order chi connectivity index (χ1) is 9.04. The molecule has 0 saturated carbocycles. The molecule has 0 amide bonds. The van der Waals surface area contributed by atoms with Gasteiger partial charge in [0, 0.05) is 38.3 Å². The monoisotopic (exact) mass is 341 g/mol. The molecule has 0 radical (unpaired) electrons. The largest absolute Gasteiger partial charge is 0.484 e. The van der Waals surface area contributed by atoms with Crippen LogP contribution in [0.2, 0.25) is 0 Å². The van der Waals surface area contributed by atoms with Crippen molar-refractivity contribution in [2.45, 2.75) is 25.5 Å². The second-order valence-corrected chi connectivity index (χ2v) is 6.83. The molecule has 100 valence electrons. The third-order valence-electron chi connectivity index (χ3n) is 3.31. The van der Waals surface area contributed by atoms with Gasteiger partial charge in [0.15, 0.2) is 0 Å². The molecular weight excluding hydrogens is 329 g/mol. The molecule has 19 heavy (non-hydrogen) atoms. The Morgan fingerprint density at radius 3 is 2.89 bits per heavy atom. The highest BCUT2D eigenvalue weighted by molar-refractivity contribution is 9.10. The summed E-state index contributed by atoms with van der Waals surface area (Å²) in [5.74, 6) is 0.265. The number of benzene rings is 1. The molecule has 0 bridgehead atoms. The van der Waals surface area contributed by atoms with Crippen LogP contribution in [0.5, 0.6) is 5.75 Å². The average Bonchev–Trinajstić information content (AvgIpc) is 2.69. The lowest BCUT2D eigenvalue weighted by atomic mass is 9.96. The molecule has 0 saturated heterocycles. The Morgan fingerprint density at radius 1 is 1.42 bits per heavy atom.